The third-order valence-electron chi connectivity index (χ3n) is 2.83. The third kappa shape index (κ3) is 1.73. The van der Waals surface area contributed by atoms with Crippen molar-refractivity contribution in [2.75, 3.05) is 0 Å². The van der Waals surface area contributed by atoms with E-state index in [-0.39, 0.29) is 21.5 Å². The highest BCUT2D eigenvalue weighted by Crippen LogP contribution is 2.32. The van der Waals surface area contributed by atoms with Gasteiger partial charge in [-0.05, 0) is 11.0 Å². The SMILES string of the molecule is CC(C)(c1ccc([N+](=O)[O-])c2no[n+]([O-])c12)[N+](=O)[O-]. The van der Waals surface area contributed by atoms with Crippen LogP contribution in [0.3, 0.4) is 0 Å². The summed E-state index contributed by atoms with van der Waals surface area (Å²) in [4.78, 5) is 20.4. The van der Waals surface area contributed by atoms with Gasteiger partial charge >= 0.3 is 11.2 Å². The van der Waals surface area contributed by atoms with Gasteiger partial charge in [-0.3, -0.25) is 24.9 Å². The Morgan fingerprint density at radius 2 is 1.95 bits per heavy atom. The van der Waals surface area contributed by atoms with Gasteiger partial charge in [-0.15, -0.1) is 0 Å². The highest BCUT2D eigenvalue weighted by molar-refractivity contribution is 5.84. The van der Waals surface area contributed by atoms with Gasteiger partial charge in [0.05, 0.1) is 15.6 Å². The Morgan fingerprint density at radius 3 is 2.47 bits per heavy atom. The number of rotatable bonds is 3. The Morgan fingerprint density at radius 1 is 1.32 bits per heavy atom. The van der Waals surface area contributed by atoms with Crippen molar-refractivity contribution >= 4 is 16.7 Å². The lowest BCUT2D eigenvalue weighted by Crippen LogP contribution is -2.32. The van der Waals surface area contributed by atoms with Crippen LogP contribution in [0.1, 0.15) is 19.4 Å². The molecule has 10 nitrogen and oxygen atoms in total. The Balaban J connectivity index is 2.86. The van der Waals surface area contributed by atoms with E-state index in [2.05, 4.69) is 9.79 Å². The van der Waals surface area contributed by atoms with Crippen molar-refractivity contribution in [3.63, 3.8) is 0 Å². The lowest BCUT2D eigenvalue weighted by Gasteiger charge is -2.14. The Hall–Kier alpha value is -2.78. The molecule has 0 aliphatic rings. The van der Waals surface area contributed by atoms with Crippen LogP contribution >= 0.6 is 0 Å². The molecular formula is C9H8N4O6. The fourth-order valence-electron chi connectivity index (χ4n) is 1.70. The topological polar surface area (TPSA) is 139 Å². The van der Waals surface area contributed by atoms with Crippen molar-refractivity contribution in [1.82, 2.24) is 5.16 Å². The Bertz CT molecular complexity index is 691. The van der Waals surface area contributed by atoms with Crippen LogP contribution in [0.5, 0.6) is 0 Å². The van der Waals surface area contributed by atoms with Crippen LogP contribution in [-0.2, 0) is 5.54 Å². The zero-order valence-electron chi connectivity index (χ0n) is 9.89. The summed E-state index contributed by atoms with van der Waals surface area (Å²) in [5.74, 6) is 0. The fourth-order valence-corrected chi connectivity index (χ4v) is 1.70. The molecule has 0 atom stereocenters. The smallest absolute Gasteiger partial charge is 0.327 e. The number of aromatic nitrogens is 2. The zero-order valence-corrected chi connectivity index (χ0v) is 9.89. The molecule has 10 heteroatoms. The maximum absolute atomic E-state index is 11.5. The van der Waals surface area contributed by atoms with Crippen LogP contribution in [0.4, 0.5) is 5.69 Å². The van der Waals surface area contributed by atoms with E-state index in [0.717, 1.165) is 12.1 Å². The van der Waals surface area contributed by atoms with E-state index in [0.29, 0.717) is 0 Å². The van der Waals surface area contributed by atoms with E-state index < -0.39 is 21.1 Å². The zero-order chi connectivity index (χ0) is 14.4. The molecular weight excluding hydrogens is 260 g/mol. The molecule has 0 amide bonds. The molecule has 100 valence electrons. The third-order valence-corrected chi connectivity index (χ3v) is 2.83. The lowest BCUT2D eigenvalue weighted by atomic mass is 9.93. The molecule has 2 aromatic rings. The fraction of sp³-hybridized carbons (Fsp3) is 0.333. The molecule has 0 spiro atoms. The number of nitrogens with zero attached hydrogens (tertiary/aromatic N) is 4. The molecule has 0 saturated carbocycles. The summed E-state index contributed by atoms with van der Waals surface area (Å²) in [6.07, 6.45) is 0. The number of hydrogen-bond donors (Lipinski definition) is 0. The second-order valence-electron chi connectivity index (χ2n) is 4.33. The van der Waals surface area contributed by atoms with Gasteiger partial charge in [0.25, 0.3) is 0 Å². The first kappa shape index (κ1) is 12.7. The van der Waals surface area contributed by atoms with E-state index in [9.17, 15) is 25.4 Å². The van der Waals surface area contributed by atoms with Gasteiger partial charge in [0, 0.05) is 24.8 Å². The van der Waals surface area contributed by atoms with Gasteiger partial charge < -0.3 is 5.21 Å². The first-order chi connectivity index (χ1) is 8.76. The van der Waals surface area contributed by atoms with Crippen molar-refractivity contribution in [1.29, 1.82) is 0 Å². The van der Waals surface area contributed by atoms with E-state index >= 15 is 0 Å². The monoisotopic (exact) mass is 268 g/mol. The minimum Gasteiger partial charge on any atom is -0.359 e. The molecule has 19 heavy (non-hydrogen) atoms. The van der Waals surface area contributed by atoms with Gasteiger partial charge in [-0.1, -0.05) is 0 Å². The summed E-state index contributed by atoms with van der Waals surface area (Å²) in [7, 11) is 0. The highest BCUT2D eigenvalue weighted by Gasteiger charge is 2.40. The van der Waals surface area contributed by atoms with Crippen LogP contribution < -0.4 is 4.90 Å². The lowest BCUT2D eigenvalue weighted by molar-refractivity contribution is -0.782. The Kier molecular flexibility index (Phi) is 2.58. The number of benzene rings is 1. The van der Waals surface area contributed by atoms with Gasteiger partial charge in [0.15, 0.2) is 0 Å². The minimum atomic E-state index is -1.61. The minimum absolute atomic E-state index is 0.00523. The summed E-state index contributed by atoms with van der Waals surface area (Å²) in [5, 5.41) is 36.6. The quantitative estimate of drug-likeness (QED) is 0.457. The van der Waals surface area contributed by atoms with Crippen molar-refractivity contribution in [2.24, 2.45) is 0 Å². The maximum atomic E-state index is 11.5. The normalized spacial score (nSPS) is 11.7. The van der Waals surface area contributed by atoms with Crippen LogP contribution in [0, 0.1) is 25.4 Å². The molecule has 1 aromatic heterocycles. The molecule has 0 fully saturated rings. The molecule has 1 heterocycles. The van der Waals surface area contributed by atoms with Gasteiger partial charge in [0.2, 0.25) is 11.1 Å². The van der Waals surface area contributed by atoms with Gasteiger partial charge in [-0.2, -0.15) is 0 Å². The van der Waals surface area contributed by atoms with Gasteiger partial charge in [0.1, 0.15) is 0 Å². The molecule has 0 saturated heterocycles. The van der Waals surface area contributed by atoms with Gasteiger partial charge in [-0.25, -0.2) is 0 Å². The standard InChI is InChI=1S/C9H8N4O6/c1-9(2,13(17)18)5-3-4-6(11(14)15)7-8(5)12(16)19-10-7/h3-4H,1-2H3. The average molecular weight is 268 g/mol. The summed E-state index contributed by atoms with van der Waals surface area (Å²) in [5.41, 5.74) is -2.68. The number of hydrogen-bond acceptors (Lipinski definition) is 7. The summed E-state index contributed by atoms with van der Waals surface area (Å²) < 4.78 is 4.31. The first-order valence-electron chi connectivity index (χ1n) is 5.08. The molecule has 0 radical (unpaired) electrons. The average Bonchev–Trinajstić information content (AvgIpc) is 2.70. The predicted octanol–water partition coefficient (Wildman–Crippen LogP) is 0.881. The molecule has 0 bridgehead atoms. The second kappa shape index (κ2) is 3.86. The summed E-state index contributed by atoms with van der Waals surface area (Å²) >= 11 is 0. The maximum Gasteiger partial charge on any atom is 0.327 e. The number of nitro benzene ring substituents is 1. The molecule has 0 aliphatic heterocycles. The largest absolute Gasteiger partial charge is 0.359 e. The number of fused-ring (bicyclic) bond motifs is 1. The Labute approximate surface area is 105 Å². The number of nitro groups is 2. The predicted molar refractivity (Wildman–Crippen MR) is 59.6 cm³/mol. The van der Waals surface area contributed by atoms with Crippen LogP contribution in [-0.4, -0.2) is 15.0 Å². The molecule has 2 rings (SSSR count). The molecule has 0 aliphatic carbocycles. The first-order valence-corrected chi connectivity index (χ1v) is 5.08. The van der Waals surface area contributed by atoms with Crippen LogP contribution in [0.2, 0.25) is 0 Å². The number of non-ortho nitro benzene ring substituents is 1. The highest BCUT2D eigenvalue weighted by atomic mass is 16.8. The summed E-state index contributed by atoms with van der Waals surface area (Å²) in [6.45, 7) is 2.56. The molecule has 0 N–H and O–H groups in total. The van der Waals surface area contributed by atoms with E-state index in [1.54, 1.807) is 0 Å². The summed E-state index contributed by atoms with van der Waals surface area (Å²) in [6, 6.07) is 2.22. The van der Waals surface area contributed by atoms with Crippen LogP contribution in [0.15, 0.2) is 16.8 Å². The molecule has 0 unspecified atom stereocenters. The molecule has 1 aromatic carbocycles. The van der Waals surface area contributed by atoms with Crippen LogP contribution in [0.25, 0.3) is 11.0 Å². The van der Waals surface area contributed by atoms with Crippen molar-refractivity contribution in [3.05, 3.63) is 43.1 Å². The second-order valence-corrected chi connectivity index (χ2v) is 4.33. The van der Waals surface area contributed by atoms with Crippen molar-refractivity contribution in [3.8, 4) is 0 Å². The van der Waals surface area contributed by atoms with E-state index in [4.69, 9.17) is 0 Å². The van der Waals surface area contributed by atoms with E-state index in [1.807, 2.05) is 0 Å². The van der Waals surface area contributed by atoms with E-state index in [1.165, 1.54) is 13.8 Å². The van der Waals surface area contributed by atoms with Crippen molar-refractivity contribution in [2.45, 2.75) is 19.4 Å². The van der Waals surface area contributed by atoms with Crippen molar-refractivity contribution < 1.29 is 19.4 Å².